The molecule has 0 aromatic carbocycles. The Bertz CT molecular complexity index is 406. The molecule has 0 amide bonds. The fraction of sp³-hybridized carbons (Fsp3) is 0.647. The van der Waals surface area contributed by atoms with Gasteiger partial charge >= 0.3 is 0 Å². The van der Waals surface area contributed by atoms with E-state index in [2.05, 4.69) is 45.1 Å². The normalized spacial score (nSPS) is 38.9. The van der Waals surface area contributed by atoms with E-state index in [0.29, 0.717) is 5.41 Å². The highest BCUT2D eigenvalue weighted by molar-refractivity contribution is 5.40. The molecule has 0 bridgehead atoms. The molecule has 0 aliphatic heterocycles. The predicted molar refractivity (Wildman–Crippen MR) is 73.7 cm³/mol. The minimum absolute atomic E-state index is 0.409. The molecule has 0 aromatic rings. The van der Waals surface area contributed by atoms with Crippen molar-refractivity contribution in [1.29, 1.82) is 0 Å². The van der Waals surface area contributed by atoms with E-state index in [1.165, 1.54) is 25.7 Å². The molecule has 0 saturated heterocycles. The summed E-state index contributed by atoms with van der Waals surface area (Å²) in [6.45, 7) is 7.33. The first-order valence-corrected chi connectivity index (χ1v) is 7.19. The van der Waals surface area contributed by atoms with Crippen molar-refractivity contribution >= 4 is 0 Å². The highest BCUT2D eigenvalue weighted by atomic mass is 14.5. The molecule has 92 valence electrons. The first-order chi connectivity index (χ1) is 8.10. The Balaban J connectivity index is 2.01. The van der Waals surface area contributed by atoms with Gasteiger partial charge in [-0.25, -0.2) is 0 Å². The topological polar surface area (TPSA) is 0 Å². The summed E-state index contributed by atoms with van der Waals surface area (Å²) in [5, 5.41) is 0. The first-order valence-electron chi connectivity index (χ1n) is 7.19. The molecule has 0 aromatic heterocycles. The van der Waals surface area contributed by atoms with Gasteiger partial charge in [0, 0.05) is 0 Å². The van der Waals surface area contributed by atoms with Crippen LogP contribution in [-0.2, 0) is 0 Å². The molecule has 17 heavy (non-hydrogen) atoms. The van der Waals surface area contributed by atoms with Crippen molar-refractivity contribution in [2.75, 3.05) is 0 Å². The molecule has 3 aliphatic carbocycles. The Morgan fingerprint density at radius 3 is 2.71 bits per heavy atom. The van der Waals surface area contributed by atoms with Gasteiger partial charge < -0.3 is 0 Å². The van der Waals surface area contributed by atoms with Crippen LogP contribution in [0.1, 0.15) is 46.5 Å². The minimum Gasteiger partial charge on any atom is -0.0842 e. The van der Waals surface area contributed by atoms with Gasteiger partial charge in [0.25, 0.3) is 0 Å². The molecule has 3 rings (SSSR count). The SMILES string of the molecule is CC1CCC2C(=CC=C3C=CCCC32)C1(C)C. The Morgan fingerprint density at radius 2 is 1.88 bits per heavy atom. The molecule has 0 heteroatoms. The molecule has 1 fully saturated rings. The van der Waals surface area contributed by atoms with Gasteiger partial charge in [-0.05, 0) is 54.4 Å². The van der Waals surface area contributed by atoms with Gasteiger partial charge in [-0.1, -0.05) is 50.6 Å². The second-order valence-corrected chi connectivity index (χ2v) is 6.68. The van der Waals surface area contributed by atoms with E-state index in [9.17, 15) is 0 Å². The molecule has 3 atom stereocenters. The van der Waals surface area contributed by atoms with Gasteiger partial charge in [0.2, 0.25) is 0 Å². The lowest BCUT2D eigenvalue weighted by molar-refractivity contribution is 0.160. The average molecular weight is 228 g/mol. The summed E-state index contributed by atoms with van der Waals surface area (Å²) in [5.41, 5.74) is 3.74. The maximum absolute atomic E-state index is 2.45. The van der Waals surface area contributed by atoms with Crippen LogP contribution in [0.4, 0.5) is 0 Å². The third-order valence-electron chi connectivity index (χ3n) is 5.61. The maximum Gasteiger partial charge on any atom is -0.00932 e. The monoisotopic (exact) mass is 228 g/mol. The van der Waals surface area contributed by atoms with Crippen LogP contribution in [0.25, 0.3) is 0 Å². The summed E-state index contributed by atoms with van der Waals surface area (Å²) in [6.07, 6.45) is 15.0. The van der Waals surface area contributed by atoms with Crippen molar-refractivity contribution in [1.82, 2.24) is 0 Å². The van der Waals surface area contributed by atoms with Crippen LogP contribution in [0.15, 0.2) is 35.5 Å². The second kappa shape index (κ2) is 3.86. The molecular formula is C17H24. The van der Waals surface area contributed by atoms with Crippen LogP contribution in [-0.4, -0.2) is 0 Å². The first kappa shape index (κ1) is 11.3. The molecule has 1 saturated carbocycles. The van der Waals surface area contributed by atoms with Crippen LogP contribution in [0.3, 0.4) is 0 Å². The van der Waals surface area contributed by atoms with E-state index < -0.39 is 0 Å². The zero-order chi connectivity index (χ0) is 12.0. The molecule has 0 radical (unpaired) electrons. The fourth-order valence-electron chi connectivity index (χ4n) is 4.05. The fourth-order valence-corrected chi connectivity index (χ4v) is 4.05. The summed E-state index contributed by atoms with van der Waals surface area (Å²) < 4.78 is 0. The number of hydrogen-bond donors (Lipinski definition) is 0. The summed E-state index contributed by atoms with van der Waals surface area (Å²) in [4.78, 5) is 0. The number of fused-ring (bicyclic) bond motifs is 3. The number of rotatable bonds is 0. The lowest BCUT2D eigenvalue weighted by Crippen LogP contribution is -2.38. The smallest absolute Gasteiger partial charge is 0.00932 e. The van der Waals surface area contributed by atoms with Crippen molar-refractivity contribution in [3.05, 3.63) is 35.5 Å². The highest BCUT2D eigenvalue weighted by Gasteiger charge is 2.43. The van der Waals surface area contributed by atoms with Crippen LogP contribution >= 0.6 is 0 Å². The molecule has 0 heterocycles. The Morgan fingerprint density at radius 1 is 1.06 bits per heavy atom. The number of allylic oxidation sites excluding steroid dienone is 6. The molecule has 3 unspecified atom stereocenters. The zero-order valence-corrected chi connectivity index (χ0v) is 11.4. The van der Waals surface area contributed by atoms with Crippen molar-refractivity contribution in [2.45, 2.75) is 46.5 Å². The van der Waals surface area contributed by atoms with E-state index in [1.54, 1.807) is 11.1 Å². The van der Waals surface area contributed by atoms with E-state index in [4.69, 9.17) is 0 Å². The molecule has 0 nitrogen and oxygen atoms in total. The van der Waals surface area contributed by atoms with E-state index in [0.717, 1.165) is 17.8 Å². The van der Waals surface area contributed by atoms with Gasteiger partial charge in [-0.2, -0.15) is 0 Å². The van der Waals surface area contributed by atoms with Crippen molar-refractivity contribution in [2.24, 2.45) is 23.2 Å². The van der Waals surface area contributed by atoms with Gasteiger partial charge in [0.15, 0.2) is 0 Å². The highest BCUT2D eigenvalue weighted by Crippen LogP contribution is 2.53. The summed E-state index contributed by atoms with van der Waals surface area (Å²) in [5.74, 6) is 2.50. The predicted octanol–water partition coefficient (Wildman–Crippen LogP) is 4.89. The van der Waals surface area contributed by atoms with Crippen molar-refractivity contribution in [3.63, 3.8) is 0 Å². The Kier molecular flexibility index (Phi) is 2.57. The van der Waals surface area contributed by atoms with Gasteiger partial charge in [-0.15, -0.1) is 0 Å². The standard InChI is InChI=1S/C17H24/c1-12-8-10-15-14-7-5-4-6-13(14)9-11-16(15)17(12,2)3/h4,6,9,11-12,14-15H,5,7-8,10H2,1-3H3. The lowest BCUT2D eigenvalue weighted by Gasteiger charge is -2.48. The van der Waals surface area contributed by atoms with E-state index >= 15 is 0 Å². The van der Waals surface area contributed by atoms with Crippen LogP contribution in [0, 0.1) is 23.2 Å². The molecule has 3 aliphatic rings. The quantitative estimate of drug-likeness (QED) is 0.553. The van der Waals surface area contributed by atoms with Crippen molar-refractivity contribution < 1.29 is 0 Å². The Hall–Kier alpha value is -0.780. The third-order valence-corrected chi connectivity index (χ3v) is 5.61. The van der Waals surface area contributed by atoms with Crippen LogP contribution in [0.2, 0.25) is 0 Å². The van der Waals surface area contributed by atoms with Gasteiger partial charge in [0.05, 0.1) is 0 Å². The summed E-state index contributed by atoms with van der Waals surface area (Å²) in [7, 11) is 0. The molecule has 0 N–H and O–H groups in total. The Labute approximate surface area is 105 Å². The summed E-state index contributed by atoms with van der Waals surface area (Å²) in [6, 6.07) is 0. The average Bonchev–Trinajstić information content (AvgIpc) is 2.33. The molecule has 0 spiro atoms. The summed E-state index contributed by atoms with van der Waals surface area (Å²) >= 11 is 0. The van der Waals surface area contributed by atoms with Gasteiger partial charge in [0.1, 0.15) is 0 Å². The zero-order valence-electron chi connectivity index (χ0n) is 11.4. The maximum atomic E-state index is 2.45. The molecular weight excluding hydrogens is 204 g/mol. The van der Waals surface area contributed by atoms with Crippen LogP contribution in [0.5, 0.6) is 0 Å². The van der Waals surface area contributed by atoms with Crippen LogP contribution < -0.4 is 0 Å². The van der Waals surface area contributed by atoms with Gasteiger partial charge in [-0.3, -0.25) is 0 Å². The van der Waals surface area contributed by atoms with E-state index in [1.807, 2.05) is 0 Å². The third kappa shape index (κ3) is 1.64. The minimum atomic E-state index is 0.409. The second-order valence-electron chi connectivity index (χ2n) is 6.68. The lowest BCUT2D eigenvalue weighted by atomic mass is 9.56. The largest absolute Gasteiger partial charge is 0.0842 e. The van der Waals surface area contributed by atoms with E-state index in [-0.39, 0.29) is 0 Å². The number of hydrogen-bond acceptors (Lipinski definition) is 0. The van der Waals surface area contributed by atoms with Crippen molar-refractivity contribution in [3.8, 4) is 0 Å².